The van der Waals surface area contributed by atoms with Gasteiger partial charge < -0.3 is 9.47 Å². The molecule has 2 aliphatic heterocycles. The molecule has 3 nitrogen and oxygen atoms in total. The number of hydrogen-bond donors (Lipinski definition) is 0. The van der Waals surface area contributed by atoms with Crippen molar-refractivity contribution in [2.24, 2.45) is 5.92 Å². The maximum atomic E-state index is 5.90. The summed E-state index contributed by atoms with van der Waals surface area (Å²) >= 11 is 0. The number of benzene rings is 1. The third-order valence-electron chi connectivity index (χ3n) is 5.24. The van der Waals surface area contributed by atoms with Crippen molar-refractivity contribution in [1.82, 2.24) is 4.90 Å². The first-order valence-corrected chi connectivity index (χ1v) is 7.91. The molecular formula is C17H23NO2. The van der Waals surface area contributed by atoms with Crippen molar-refractivity contribution in [3.63, 3.8) is 0 Å². The molecule has 0 aromatic heterocycles. The first kappa shape index (κ1) is 12.8. The molecule has 0 unspecified atom stereocenters. The number of nitrogens with zero attached hydrogens (tertiary/aromatic N) is 1. The number of likely N-dealkylation sites (tertiary alicyclic amines) is 1. The fourth-order valence-electron chi connectivity index (χ4n) is 4.29. The fourth-order valence-corrected chi connectivity index (χ4v) is 4.29. The Balaban J connectivity index is 1.43. The van der Waals surface area contributed by atoms with E-state index in [0.29, 0.717) is 0 Å². The van der Waals surface area contributed by atoms with E-state index < -0.39 is 0 Å². The molecule has 2 heterocycles. The van der Waals surface area contributed by atoms with Crippen LogP contribution in [-0.4, -0.2) is 36.5 Å². The first-order chi connectivity index (χ1) is 9.85. The summed E-state index contributed by atoms with van der Waals surface area (Å²) in [6.07, 6.45) is 4.69. The van der Waals surface area contributed by atoms with Gasteiger partial charge in [0.25, 0.3) is 0 Å². The van der Waals surface area contributed by atoms with Crippen molar-refractivity contribution >= 4 is 0 Å². The van der Waals surface area contributed by atoms with Gasteiger partial charge in [-0.25, -0.2) is 0 Å². The predicted octanol–water partition coefficient (Wildman–Crippen LogP) is 2.80. The molecule has 0 radical (unpaired) electrons. The van der Waals surface area contributed by atoms with Crippen LogP contribution in [0.1, 0.15) is 31.2 Å². The standard InChI is InChI=1S/C17H23NO2/c1-2-4-14(5-3-1)13-18-9-7-15-12-17(8-6-16(15)18)19-10-11-20-17/h1-5,15-16H,6-13H2/t15-,16+/m0/s1. The third-order valence-corrected chi connectivity index (χ3v) is 5.24. The summed E-state index contributed by atoms with van der Waals surface area (Å²) in [7, 11) is 0. The Kier molecular flexibility index (Phi) is 3.29. The van der Waals surface area contributed by atoms with Crippen LogP contribution in [0.2, 0.25) is 0 Å². The monoisotopic (exact) mass is 273 g/mol. The van der Waals surface area contributed by atoms with Crippen molar-refractivity contribution in [3.8, 4) is 0 Å². The Hall–Kier alpha value is -0.900. The number of rotatable bonds is 2. The molecule has 0 N–H and O–H groups in total. The van der Waals surface area contributed by atoms with Gasteiger partial charge in [-0.15, -0.1) is 0 Å². The summed E-state index contributed by atoms with van der Waals surface area (Å²) in [4.78, 5) is 2.67. The highest BCUT2D eigenvalue weighted by Gasteiger charge is 2.48. The molecule has 4 rings (SSSR count). The van der Waals surface area contributed by atoms with Gasteiger partial charge in [0.2, 0.25) is 0 Å². The molecular weight excluding hydrogens is 250 g/mol. The van der Waals surface area contributed by atoms with Crippen molar-refractivity contribution in [1.29, 1.82) is 0 Å². The van der Waals surface area contributed by atoms with Gasteiger partial charge in [-0.05, 0) is 30.9 Å². The van der Waals surface area contributed by atoms with Crippen molar-refractivity contribution in [2.45, 2.75) is 44.1 Å². The second-order valence-corrected chi connectivity index (χ2v) is 6.42. The minimum absolute atomic E-state index is 0.218. The van der Waals surface area contributed by atoms with Gasteiger partial charge in [0.1, 0.15) is 0 Å². The summed E-state index contributed by atoms with van der Waals surface area (Å²) < 4.78 is 11.8. The molecule has 108 valence electrons. The lowest BCUT2D eigenvalue weighted by Gasteiger charge is -2.40. The summed E-state index contributed by atoms with van der Waals surface area (Å²) in [5.74, 6) is 0.537. The highest BCUT2D eigenvalue weighted by atomic mass is 16.7. The molecule has 1 saturated carbocycles. The van der Waals surface area contributed by atoms with Gasteiger partial charge in [0, 0.05) is 25.4 Å². The van der Waals surface area contributed by atoms with Gasteiger partial charge in [-0.2, -0.15) is 0 Å². The lowest BCUT2D eigenvalue weighted by Crippen LogP contribution is -2.44. The molecule has 1 aliphatic carbocycles. The SMILES string of the molecule is c1ccc(CN2CC[C@H]3CC4(CC[C@H]32)OCCO4)cc1. The lowest BCUT2D eigenvalue weighted by molar-refractivity contribution is -0.191. The highest BCUT2D eigenvalue weighted by Crippen LogP contribution is 2.45. The lowest BCUT2D eigenvalue weighted by atomic mass is 9.81. The van der Waals surface area contributed by atoms with Gasteiger partial charge in [-0.3, -0.25) is 4.90 Å². The van der Waals surface area contributed by atoms with Crippen LogP contribution in [0.15, 0.2) is 30.3 Å². The zero-order chi connectivity index (χ0) is 13.4. The maximum Gasteiger partial charge on any atom is 0.168 e. The third kappa shape index (κ3) is 2.28. The number of hydrogen-bond acceptors (Lipinski definition) is 3. The second-order valence-electron chi connectivity index (χ2n) is 6.42. The van der Waals surface area contributed by atoms with E-state index in [9.17, 15) is 0 Å². The van der Waals surface area contributed by atoms with Gasteiger partial charge >= 0.3 is 0 Å². The molecule has 3 heteroatoms. The van der Waals surface area contributed by atoms with Crippen LogP contribution < -0.4 is 0 Å². The molecule has 3 aliphatic rings. The van der Waals surface area contributed by atoms with Crippen LogP contribution in [0.4, 0.5) is 0 Å². The molecule has 2 saturated heterocycles. The number of fused-ring (bicyclic) bond motifs is 1. The zero-order valence-electron chi connectivity index (χ0n) is 12.0. The predicted molar refractivity (Wildman–Crippen MR) is 77.2 cm³/mol. The van der Waals surface area contributed by atoms with Crippen molar-refractivity contribution in [3.05, 3.63) is 35.9 Å². The molecule has 0 bridgehead atoms. The van der Waals surface area contributed by atoms with E-state index in [2.05, 4.69) is 35.2 Å². The molecule has 3 fully saturated rings. The number of ether oxygens (including phenoxy) is 2. The minimum Gasteiger partial charge on any atom is -0.348 e. The molecule has 2 atom stereocenters. The van der Waals surface area contributed by atoms with E-state index in [-0.39, 0.29) is 5.79 Å². The molecule has 20 heavy (non-hydrogen) atoms. The van der Waals surface area contributed by atoms with Crippen LogP contribution in [0.25, 0.3) is 0 Å². The van der Waals surface area contributed by atoms with Crippen molar-refractivity contribution < 1.29 is 9.47 Å². The zero-order valence-corrected chi connectivity index (χ0v) is 12.0. The summed E-state index contributed by atoms with van der Waals surface area (Å²) in [5, 5.41) is 0. The van der Waals surface area contributed by atoms with Crippen LogP contribution in [0.5, 0.6) is 0 Å². The first-order valence-electron chi connectivity index (χ1n) is 7.91. The normalized spacial score (nSPS) is 32.6. The van der Waals surface area contributed by atoms with E-state index in [4.69, 9.17) is 9.47 Å². The van der Waals surface area contributed by atoms with E-state index in [1.165, 1.54) is 24.9 Å². The van der Waals surface area contributed by atoms with E-state index in [0.717, 1.165) is 44.6 Å². The van der Waals surface area contributed by atoms with Crippen LogP contribution in [-0.2, 0) is 16.0 Å². The van der Waals surface area contributed by atoms with Crippen LogP contribution in [0, 0.1) is 5.92 Å². The Morgan fingerprint density at radius 1 is 1.10 bits per heavy atom. The largest absolute Gasteiger partial charge is 0.348 e. The molecule has 1 spiro atoms. The van der Waals surface area contributed by atoms with Gasteiger partial charge in [0.15, 0.2) is 5.79 Å². The summed E-state index contributed by atoms with van der Waals surface area (Å²) in [5.41, 5.74) is 1.43. The average Bonchev–Trinajstić information content (AvgIpc) is 3.08. The fraction of sp³-hybridized carbons (Fsp3) is 0.647. The quantitative estimate of drug-likeness (QED) is 0.827. The molecule has 1 aromatic rings. The van der Waals surface area contributed by atoms with E-state index in [1.54, 1.807) is 0 Å². The highest BCUT2D eigenvalue weighted by molar-refractivity contribution is 5.15. The van der Waals surface area contributed by atoms with Gasteiger partial charge in [0.05, 0.1) is 13.2 Å². The Bertz CT molecular complexity index is 455. The van der Waals surface area contributed by atoms with Crippen LogP contribution in [0.3, 0.4) is 0 Å². The van der Waals surface area contributed by atoms with E-state index in [1.807, 2.05) is 0 Å². The summed E-state index contributed by atoms with van der Waals surface area (Å²) in [6, 6.07) is 11.6. The van der Waals surface area contributed by atoms with Crippen molar-refractivity contribution in [2.75, 3.05) is 19.8 Å². The smallest absolute Gasteiger partial charge is 0.168 e. The van der Waals surface area contributed by atoms with E-state index >= 15 is 0 Å². The minimum atomic E-state index is -0.218. The second kappa shape index (κ2) is 5.14. The maximum absolute atomic E-state index is 5.90. The summed E-state index contributed by atoms with van der Waals surface area (Å²) in [6.45, 7) is 3.88. The Labute approximate surface area is 120 Å². The van der Waals surface area contributed by atoms with Crippen LogP contribution >= 0.6 is 0 Å². The average molecular weight is 273 g/mol. The van der Waals surface area contributed by atoms with Gasteiger partial charge in [-0.1, -0.05) is 30.3 Å². The molecule has 0 amide bonds. The Morgan fingerprint density at radius 3 is 2.70 bits per heavy atom. The topological polar surface area (TPSA) is 21.7 Å². The Morgan fingerprint density at radius 2 is 1.90 bits per heavy atom. The molecule has 1 aromatic carbocycles.